The molecule has 0 bridgehead atoms. The van der Waals surface area contributed by atoms with E-state index in [9.17, 15) is 4.79 Å². The number of aryl methyl sites for hydroxylation is 2. The van der Waals surface area contributed by atoms with Crippen molar-refractivity contribution in [3.8, 4) is 11.4 Å². The summed E-state index contributed by atoms with van der Waals surface area (Å²) >= 11 is 1.59. The number of thiophene rings is 1. The Hall–Kier alpha value is -2.81. The van der Waals surface area contributed by atoms with Gasteiger partial charge in [-0.3, -0.25) is 4.79 Å². The highest BCUT2D eigenvalue weighted by molar-refractivity contribution is 7.08. The summed E-state index contributed by atoms with van der Waals surface area (Å²) in [5.41, 5.74) is 1.92. The van der Waals surface area contributed by atoms with Crippen molar-refractivity contribution in [3.05, 3.63) is 40.3 Å². The van der Waals surface area contributed by atoms with Crippen LogP contribution in [0.15, 0.2) is 27.4 Å². The van der Waals surface area contributed by atoms with E-state index in [4.69, 9.17) is 9.51 Å². The average molecular weight is 427 g/mol. The second-order valence-electron chi connectivity index (χ2n) is 7.77. The van der Waals surface area contributed by atoms with E-state index >= 15 is 0 Å². The Balaban J connectivity index is 1.29. The van der Waals surface area contributed by atoms with Gasteiger partial charge in [-0.15, -0.1) is 0 Å². The van der Waals surface area contributed by atoms with Gasteiger partial charge in [-0.2, -0.15) is 16.3 Å². The number of anilines is 1. The Kier molecular flexibility index (Phi) is 6.08. The normalized spacial score (nSPS) is 14.5. The summed E-state index contributed by atoms with van der Waals surface area (Å²) in [6, 6.07) is 3.97. The van der Waals surface area contributed by atoms with Crippen molar-refractivity contribution in [2.45, 2.75) is 39.5 Å². The van der Waals surface area contributed by atoms with Crippen LogP contribution in [0.5, 0.6) is 0 Å². The minimum Gasteiger partial charge on any atom is -0.353 e. The average Bonchev–Trinajstić information content (AvgIpc) is 3.43. The van der Waals surface area contributed by atoms with Crippen LogP contribution < -0.4 is 4.90 Å². The lowest BCUT2D eigenvalue weighted by Crippen LogP contribution is -2.49. The van der Waals surface area contributed by atoms with Crippen LogP contribution in [0, 0.1) is 6.92 Å². The van der Waals surface area contributed by atoms with Crippen molar-refractivity contribution >= 4 is 23.1 Å². The molecular formula is C21H26N6O2S. The summed E-state index contributed by atoms with van der Waals surface area (Å²) < 4.78 is 5.29. The van der Waals surface area contributed by atoms with Crippen molar-refractivity contribution in [3.63, 3.8) is 0 Å². The summed E-state index contributed by atoms with van der Waals surface area (Å²) in [4.78, 5) is 30.4. The molecule has 1 saturated heterocycles. The van der Waals surface area contributed by atoms with Crippen molar-refractivity contribution < 1.29 is 9.32 Å². The fourth-order valence-corrected chi connectivity index (χ4v) is 4.05. The van der Waals surface area contributed by atoms with Gasteiger partial charge in [-0.1, -0.05) is 19.0 Å². The summed E-state index contributed by atoms with van der Waals surface area (Å²) in [6.45, 7) is 9.10. The number of aromatic nitrogens is 4. The molecule has 0 unspecified atom stereocenters. The first kappa shape index (κ1) is 20.5. The van der Waals surface area contributed by atoms with Gasteiger partial charge >= 0.3 is 0 Å². The lowest BCUT2D eigenvalue weighted by atomic mass is 10.2. The molecule has 30 heavy (non-hydrogen) atoms. The summed E-state index contributed by atoms with van der Waals surface area (Å²) in [5, 5.41) is 7.94. The number of carbonyl (C=O) groups is 1. The van der Waals surface area contributed by atoms with Gasteiger partial charge in [-0.25, -0.2) is 9.97 Å². The topological polar surface area (TPSA) is 88.2 Å². The van der Waals surface area contributed by atoms with E-state index < -0.39 is 0 Å². The lowest BCUT2D eigenvalue weighted by molar-refractivity contribution is -0.131. The van der Waals surface area contributed by atoms with Gasteiger partial charge in [0.15, 0.2) is 0 Å². The second kappa shape index (κ2) is 8.91. The zero-order chi connectivity index (χ0) is 21.1. The Morgan fingerprint density at radius 1 is 1.20 bits per heavy atom. The van der Waals surface area contributed by atoms with Crippen LogP contribution in [-0.4, -0.2) is 57.1 Å². The molecule has 3 aromatic rings. The standard InChI is InChI=1S/C21H26N6O2S/c1-14(2)20-22-15(3)12-17(23-20)26-7-9-27(10-8-26)19(28)5-4-18-24-21(25-29-18)16-6-11-30-13-16/h6,11-14H,4-5,7-10H2,1-3H3. The Labute approximate surface area is 179 Å². The maximum absolute atomic E-state index is 12.6. The molecule has 1 fully saturated rings. The molecule has 4 rings (SSSR count). The quantitative estimate of drug-likeness (QED) is 0.597. The Morgan fingerprint density at radius 3 is 2.70 bits per heavy atom. The second-order valence-corrected chi connectivity index (χ2v) is 8.55. The van der Waals surface area contributed by atoms with E-state index in [0.29, 0.717) is 37.6 Å². The number of carbonyl (C=O) groups excluding carboxylic acids is 1. The highest BCUT2D eigenvalue weighted by Crippen LogP contribution is 2.20. The van der Waals surface area contributed by atoms with Crippen molar-refractivity contribution in [1.29, 1.82) is 0 Å². The number of amides is 1. The third-order valence-corrected chi connectivity index (χ3v) is 5.81. The van der Waals surface area contributed by atoms with Crippen LogP contribution >= 0.6 is 11.3 Å². The molecule has 3 aromatic heterocycles. The van der Waals surface area contributed by atoms with Gasteiger partial charge in [0.05, 0.1) is 0 Å². The first-order chi connectivity index (χ1) is 14.5. The zero-order valence-electron chi connectivity index (χ0n) is 17.5. The molecular weight excluding hydrogens is 400 g/mol. The molecule has 158 valence electrons. The van der Waals surface area contributed by atoms with Crippen molar-refractivity contribution in [1.82, 2.24) is 25.0 Å². The van der Waals surface area contributed by atoms with E-state index in [0.717, 1.165) is 36.0 Å². The van der Waals surface area contributed by atoms with Crippen molar-refractivity contribution in [2.75, 3.05) is 31.1 Å². The van der Waals surface area contributed by atoms with Crippen molar-refractivity contribution in [2.24, 2.45) is 0 Å². The fourth-order valence-electron chi connectivity index (χ4n) is 3.42. The van der Waals surface area contributed by atoms with Gasteiger partial charge in [0.2, 0.25) is 17.6 Å². The van der Waals surface area contributed by atoms with Crippen LogP contribution in [0.2, 0.25) is 0 Å². The highest BCUT2D eigenvalue weighted by Gasteiger charge is 2.23. The Bertz CT molecular complexity index is 993. The summed E-state index contributed by atoms with van der Waals surface area (Å²) in [6.07, 6.45) is 0.828. The fraction of sp³-hybridized carbons (Fsp3) is 0.476. The molecule has 0 atom stereocenters. The van der Waals surface area contributed by atoms with Crippen LogP contribution in [0.1, 0.15) is 43.6 Å². The van der Waals surface area contributed by atoms with Crippen LogP contribution in [0.25, 0.3) is 11.4 Å². The first-order valence-corrected chi connectivity index (χ1v) is 11.2. The molecule has 0 saturated carbocycles. The highest BCUT2D eigenvalue weighted by atomic mass is 32.1. The minimum absolute atomic E-state index is 0.117. The number of hydrogen-bond acceptors (Lipinski definition) is 8. The number of hydrogen-bond donors (Lipinski definition) is 0. The largest absolute Gasteiger partial charge is 0.353 e. The number of nitrogens with zero attached hydrogens (tertiary/aromatic N) is 6. The monoisotopic (exact) mass is 426 g/mol. The third-order valence-electron chi connectivity index (χ3n) is 5.13. The number of piperazine rings is 1. The molecule has 1 aliphatic heterocycles. The van der Waals surface area contributed by atoms with E-state index in [1.54, 1.807) is 11.3 Å². The minimum atomic E-state index is 0.117. The maximum atomic E-state index is 12.6. The zero-order valence-corrected chi connectivity index (χ0v) is 18.4. The molecule has 4 heterocycles. The first-order valence-electron chi connectivity index (χ1n) is 10.2. The predicted molar refractivity (Wildman–Crippen MR) is 116 cm³/mol. The van der Waals surface area contributed by atoms with Gasteiger partial charge in [-0.05, 0) is 18.4 Å². The molecule has 0 aliphatic carbocycles. The molecule has 0 radical (unpaired) electrons. The molecule has 9 heteroatoms. The van der Waals surface area contributed by atoms with E-state index in [1.807, 2.05) is 34.7 Å². The summed E-state index contributed by atoms with van der Waals surface area (Å²) in [7, 11) is 0. The van der Waals surface area contributed by atoms with Gasteiger partial charge in [0, 0.05) is 67.6 Å². The SMILES string of the molecule is Cc1cc(N2CCN(C(=O)CCc3nc(-c4ccsc4)no3)CC2)nc(C(C)C)n1. The smallest absolute Gasteiger partial charge is 0.227 e. The maximum Gasteiger partial charge on any atom is 0.227 e. The van der Waals surface area contributed by atoms with Crippen LogP contribution in [-0.2, 0) is 11.2 Å². The van der Waals surface area contributed by atoms with Gasteiger partial charge < -0.3 is 14.3 Å². The van der Waals surface area contributed by atoms with Crippen LogP contribution in [0.3, 0.4) is 0 Å². The van der Waals surface area contributed by atoms with E-state index in [1.165, 1.54) is 0 Å². The van der Waals surface area contributed by atoms with Gasteiger partial charge in [0.25, 0.3) is 0 Å². The van der Waals surface area contributed by atoms with E-state index in [2.05, 4.69) is 33.9 Å². The molecule has 1 aliphatic rings. The lowest BCUT2D eigenvalue weighted by Gasteiger charge is -2.35. The third kappa shape index (κ3) is 4.67. The number of rotatable bonds is 6. The summed E-state index contributed by atoms with van der Waals surface area (Å²) in [5.74, 6) is 3.30. The Morgan fingerprint density at radius 2 is 2.00 bits per heavy atom. The van der Waals surface area contributed by atoms with Gasteiger partial charge in [0.1, 0.15) is 11.6 Å². The van der Waals surface area contributed by atoms with Crippen LogP contribution in [0.4, 0.5) is 5.82 Å². The molecule has 0 spiro atoms. The predicted octanol–water partition coefficient (Wildman–Crippen LogP) is 3.30. The molecule has 8 nitrogen and oxygen atoms in total. The van der Waals surface area contributed by atoms with E-state index in [-0.39, 0.29) is 11.8 Å². The molecule has 0 aromatic carbocycles. The molecule has 0 N–H and O–H groups in total. The molecule has 1 amide bonds.